The Morgan fingerprint density at radius 1 is 0.516 bits per heavy atom. The Bertz CT molecular complexity index is 1970. The molecule has 0 amide bonds. The van der Waals surface area contributed by atoms with Crippen LogP contribution in [0.5, 0.6) is 23.0 Å². The predicted molar refractivity (Wildman–Crippen MR) is 258 cm³/mol. The van der Waals surface area contributed by atoms with Crippen molar-refractivity contribution in [2.45, 2.75) is 74.3 Å². The van der Waals surface area contributed by atoms with Crippen LogP contribution in [0, 0.1) is 118 Å². The maximum atomic E-state index is 5.70. The summed E-state index contributed by atoms with van der Waals surface area (Å²) in [6, 6.07) is 18.5. The summed E-state index contributed by atoms with van der Waals surface area (Å²) in [6.45, 7) is 21.5. The zero-order chi connectivity index (χ0) is 44.7. The molecule has 0 saturated heterocycles. The number of nitrogens with zero attached hydrogens (tertiary/aromatic N) is 2. The average molecular weight is 897 g/mol. The molecule has 2 aliphatic rings. The first-order chi connectivity index (χ1) is 29.0. The molecule has 2 aliphatic carbocycles. The summed E-state index contributed by atoms with van der Waals surface area (Å²) in [5.41, 5.74) is 13.5. The third kappa shape index (κ3) is 11.8. The average Bonchev–Trinajstić information content (AvgIpc) is 3.92. The maximum absolute atomic E-state index is 5.70. The molecule has 8 heteroatoms. The van der Waals surface area contributed by atoms with Gasteiger partial charge in [0.25, 0.3) is 0 Å². The van der Waals surface area contributed by atoms with Gasteiger partial charge in [-0.15, -0.1) is 0 Å². The molecular weight excluding hydrogens is 827 g/mol. The number of aryl methyl sites for hydroxylation is 8. The fourth-order valence-corrected chi connectivity index (χ4v) is 11.9. The topological polar surface area (TPSA) is 43.4 Å². The number of methoxy groups -OCH3 is 4. The number of rotatable bonds is 15. The van der Waals surface area contributed by atoms with Crippen LogP contribution in [0.15, 0.2) is 48.5 Å². The van der Waals surface area contributed by atoms with Crippen molar-refractivity contribution in [3.05, 3.63) is 167 Å². The standard InChI is InChI=1S/C30H42N2O2P.C24H27O2.Fe/c1-20-19-29(21(2)18-27(20)33-9)35(25-16-22(3)30(34-10)23(4)17-25)28-13-11-12-26(28)24(5)32(8)15-14-31(6)7;1-15-11-20(12-16(2)23(15)25-5)22(19-9-7-8-10-19)21-13-17(3)24(26-6)18(4)14-21;/h11-13,16-19,24H,14-15H2,1-10H3;7-14,22H,1-6H3;/t24-,35?;;/m1../s1. The van der Waals surface area contributed by atoms with Crippen molar-refractivity contribution < 1.29 is 36.0 Å². The fraction of sp³-hybridized carbons (Fsp3) is 0.370. The van der Waals surface area contributed by atoms with E-state index >= 15 is 0 Å². The van der Waals surface area contributed by atoms with Gasteiger partial charge in [-0.2, -0.15) is 0 Å². The first-order valence-corrected chi connectivity index (χ1v) is 22.6. The normalized spacial score (nSPS) is 15.7. The van der Waals surface area contributed by atoms with Gasteiger partial charge in [-0.25, -0.2) is 0 Å². The van der Waals surface area contributed by atoms with Gasteiger partial charge >= 0.3 is 0 Å². The summed E-state index contributed by atoms with van der Waals surface area (Å²) in [6.07, 6.45) is 15.5. The van der Waals surface area contributed by atoms with Crippen LogP contribution >= 0.6 is 7.92 Å². The summed E-state index contributed by atoms with van der Waals surface area (Å²) in [5, 5.41) is 2.75. The Labute approximate surface area is 389 Å². The van der Waals surface area contributed by atoms with E-state index in [1.54, 1.807) is 28.4 Å². The van der Waals surface area contributed by atoms with Crippen molar-refractivity contribution in [1.29, 1.82) is 0 Å². The van der Waals surface area contributed by atoms with E-state index in [2.05, 4.69) is 187 Å². The van der Waals surface area contributed by atoms with Crippen LogP contribution in [0.1, 0.15) is 68.5 Å². The second-order valence-corrected chi connectivity index (χ2v) is 19.1. The van der Waals surface area contributed by atoms with Gasteiger partial charge in [0.1, 0.15) is 23.0 Å². The molecule has 1 unspecified atom stereocenters. The molecule has 332 valence electrons. The zero-order valence-electron chi connectivity index (χ0n) is 40.1. The fourth-order valence-electron chi connectivity index (χ4n) is 8.90. The van der Waals surface area contributed by atoms with E-state index in [1.807, 2.05) is 0 Å². The first-order valence-electron chi connectivity index (χ1n) is 21.3. The quantitative estimate of drug-likeness (QED) is 0.0875. The molecule has 2 fully saturated rings. The maximum Gasteiger partial charge on any atom is 0.124 e. The van der Waals surface area contributed by atoms with Crippen LogP contribution in [-0.2, 0) is 17.1 Å². The molecule has 6 nitrogen and oxygen atoms in total. The van der Waals surface area contributed by atoms with Crippen LogP contribution in [0.4, 0.5) is 0 Å². The number of hydrogen-bond acceptors (Lipinski definition) is 6. The van der Waals surface area contributed by atoms with Crippen molar-refractivity contribution in [2.75, 3.05) is 62.7 Å². The molecule has 0 N–H and O–H groups in total. The molecule has 62 heavy (non-hydrogen) atoms. The summed E-state index contributed by atoms with van der Waals surface area (Å²) in [7, 11) is 12.7. The Morgan fingerprint density at radius 2 is 0.984 bits per heavy atom. The molecule has 0 aromatic heterocycles. The van der Waals surface area contributed by atoms with Gasteiger partial charge in [0, 0.05) is 53.7 Å². The molecule has 10 radical (unpaired) electrons. The van der Waals surface area contributed by atoms with Gasteiger partial charge in [-0.1, -0.05) is 24.3 Å². The third-order valence-corrected chi connectivity index (χ3v) is 14.6. The summed E-state index contributed by atoms with van der Waals surface area (Å²) in [5.74, 6) is 6.77. The number of likely N-dealkylation sites (N-methyl/N-ethyl adjacent to an activating group) is 2. The van der Waals surface area contributed by atoms with E-state index in [0.717, 1.165) is 36.1 Å². The molecule has 4 aromatic rings. The van der Waals surface area contributed by atoms with Crippen LogP contribution < -0.4 is 29.6 Å². The molecule has 0 bridgehead atoms. The number of ether oxygens (including phenoxy) is 4. The minimum Gasteiger partial charge on any atom is -0.496 e. The molecule has 2 saturated carbocycles. The van der Waals surface area contributed by atoms with E-state index < -0.39 is 7.92 Å². The van der Waals surface area contributed by atoms with E-state index in [1.165, 1.54) is 83.7 Å². The minimum atomic E-state index is -0.761. The van der Waals surface area contributed by atoms with Gasteiger partial charge in [-0.3, -0.25) is 0 Å². The van der Waals surface area contributed by atoms with Crippen molar-refractivity contribution >= 4 is 18.5 Å². The zero-order valence-corrected chi connectivity index (χ0v) is 42.1. The van der Waals surface area contributed by atoms with Crippen LogP contribution in [0.3, 0.4) is 0 Å². The molecule has 2 atom stereocenters. The van der Waals surface area contributed by atoms with Gasteiger partial charge in [0.2, 0.25) is 0 Å². The number of benzene rings is 4. The predicted octanol–water partition coefficient (Wildman–Crippen LogP) is 10.5. The Kier molecular flexibility index (Phi) is 19.3. The van der Waals surface area contributed by atoms with Gasteiger partial charge in [0.15, 0.2) is 0 Å². The van der Waals surface area contributed by atoms with Gasteiger partial charge < -0.3 is 28.7 Å². The largest absolute Gasteiger partial charge is 0.496 e. The Balaban J connectivity index is 0.000000279. The van der Waals surface area contributed by atoms with Crippen LogP contribution in [0.25, 0.3) is 0 Å². The van der Waals surface area contributed by atoms with Crippen LogP contribution in [0.2, 0.25) is 0 Å². The Hall–Kier alpha value is -3.05. The third-order valence-electron chi connectivity index (χ3n) is 12.0. The minimum absolute atomic E-state index is 0. The molecule has 0 spiro atoms. The van der Waals surface area contributed by atoms with Gasteiger partial charge in [0.05, 0.1) is 28.4 Å². The number of hydrogen-bond donors (Lipinski definition) is 0. The molecule has 0 heterocycles. The smallest absolute Gasteiger partial charge is 0.124 e. The SMILES string of the molecule is COc1c(C)cc(C([C]2[CH][CH][CH][CH]2)c2cc(C)c(OC)c(C)c2)cc1C.COc1cc(C)c(P([C]2[CH][CH][CH][C]2[C@@H](C)N(C)CCN(C)C)c2cc(C)c(OC)c(C)c2)cc1C.[Fe]. The summed E-state index contributed by atoms with van der Waals surface area (Å²) in [4.78, 5) is 4.71. The Morgan fingerprint density at radius 3 is 1.42 bits per heavy atom. The van der Waals surface area contributed by atoms with Crippen molar-refractivity contribution in [1.82, 2.24) is 9.80 Å². The van der Waals surface area contributed by atoms with Crippen molar-refractivity contribution in [3.63, 3.8) is 0 Å². The molecule has 6 rings (SSSR count). The van der Waals surface area contributed by atoms with Gasteiger partial charge in [-0.05, 0) is 233 Å². The van der Waals surface area contributed by atoms with E-state index in [-0.39, 0.29) is 23.0 Å². The van der Waals surface area contributed by atoms with E-state index in [0.29, 0.717) is 6.04 Å². The van der Waals surface area contributed by atoms with Crippen LogP contribution in [-0.4, -0.2) is 78.5 Å². The molecule has 0 aliphatic heterocycles. The molecular formula is C54H69FeN2O4P. The second kappa shape index (κ2) is 23.2. The van der Waals surface area contributed by atoms with Crippen molar-refractivity contribution in [3.8, 4) is 23.0 Å². The summed E-state index contributed by atoms with van der Waals surface area (Å²) >= 11 is 0. The molecule has 4 aromatic carbocycles. The van der Waals surface area contributed by atoms with Crippen molar-refractivity contribution in [2.24, 2.45) is 0 Å². The van der Waals surface area contributed by atoms with E-state index in [9.17, 15) is 0 Å². The summed E-state index contributed by atoms with van der Waals surface area (Å²) < 4.78 is 22.5. The second-order valence-electron chi connectivity index (χ2n) is 16.9. The monoisotopic (exact) mass is 896 g/mol. The van der Waals surface area contributed by atoms with E-state index in [4.69, 9.17) is 18.9 Å². The first kappa shape index (κ1) is 51.6.